The molecular formula is C14H17ClF3N. The third-order valence-corrected chi connectivity index (χ3v) is 4.44. The zero-order chi connectivity index (χ0) is 13.9. The van der Waals surface area contributed by atoms with Crippen LogP contribution in [0.15, 0.2) is 24.5 Å². The minimum Gasteiger partial charge on any atom is -0.265 e. The van der Waals surface area contributed by atoms with Crippen molar-refractivity contribution in [2.24, 2.45) is 11.8 Å². The Morgan fingerprint density at radius 1 is 1.16 bits per heavy atom. The molecule has 1 atom stereocenters. The summed E-state index contributed by atoms with van der Waals surface area (Å²) in [5.74, 6) is -0.943. The van der Waals surface area contributed by atoms with Crippen LogP contribution in [0, 0.1) is 11.8 Å². The molecule has 1 heterocycles. The van der Waals surface area contributed by atoms with Crippen LogP contribution in [0.3, 0.4) is 0 Å². The molecule has 1 aromatic rings. The smallest absolute Gasteiger partial charge is 0.265 e. The van der Waals surface area contributed by atoms with Crippen LogP contribution in [0.5, 0.6) is 0 Å². The first-order valence-electron chi connectivity index (χ1n) is 6.56. The van der Waals surface area contributed by atoms with Crippen molar-refractivity contribution in [2.45, 2.75) is 43.7 Å². The van der Waals surface area contributed by atoms with Crippen LogP contribution in [0.1, 0.15) is 31.2 Å². The average Bonchev–Trinajstić information content (AvgIpc) is 2.39. The van der Waals surface area contributed by atoms with Crippen molar-refractivity contribution in [3.63, 3.8) is 0 Å². The summed E-state index contributed by atoms with van der Waals surface area (Å²) in [4.78, 5) is 3.93. The summed E-state index contributed by atoms with van der Waals surface area (Å²) >= 11 is 6.35. The Morgan fingerprint density at radius 2 is 1.74 bits per heavy atom. The molecule has 1 unspecified atom stereocenters. The van der Waals surface area contributed by atoms with Gasteiger partial charge in [-0.2, -0.15) is 13.2 Å². The van der Waals surface area contributed by atoms with Crippen LogP contribution in [0.25, 0.3) is 0 Å². The first-order chi connectivity index (χ1) is 8.97. The standard InChI is InChI=1S/C14H17ClF3N/c15-13(9-10-5-7-19-8-6-10)11-1-3-12(4-2-11)14(16,17)18/h5-8,11-13H,1-4,9H2. The van der Waals surface area contributed by atoms with Gasteiger partial charge in [-0.15, -0.1) is 11.6 Å². The lowest BCUT2D eigenvalue weighted by molar-refractivity contribution is -0.183. The SMILES string of the molecule is FC(F)(F)C1CCC(C(Cl)Cc2ccncc2)CC1. The Balaban J connectivity index is 1.84. The highest BCUT2D eigenvalue weighted by Gasteiger charge is 2.42. The molecule has 1 fully saturated rings. The molecule has 106 valence electrons. The second-order valence-electron chi connectivity index (χ2n) is 5.23. The molecule has 1 nitrogen and oxygen atoms in total. The number of pyridine rings is 1. The van der Waals surface area contributed by atoms with E-state index in [1.165, 1.54) is 0 Å². The van der Waals surface area contributed by atoms with Gasteiger partial charge < -0.3 is 0 Å². The molecule has 0 saturated heterocycles. The van der Waals surface area contributed by atoms with Gasteiger partial charge in [0.25, 0.3) is 0 Å². The van der Waals surface area contributed by atoms with E-state index in [1.54, 1.807) is 12.4 Å². The van der Waals surface area contributed by atoms with E-state index in [1.807, 2.05) is 12.1 Å². The summed E-state index contributed by atoms with van der Waals surface area (Å²) < 4.78 is 37.7. The molecule has 1 aliphatic rings. The van der Waals surface area contributed by atoms with Crippen molar-refractivity contribution < 1.29 is 13.2 Å². The molecule has 0 spiro atoms. The first kappa shape index (κ1) is 14.6. The summed E-state index contributed by atoms with van der Waals surface area (Å²) in [5, 5.41) is -0.0865. The van der Waals surface area contributed by atoms with Crippen molar-refractivity contribution in [3.05, 3.63) is 30.1 Å². The van der Waals surface area contributed by atoms with Gasteiger partial charge in [-0.05, 0) is 55.7 Å². The predicted molar refractivity (Wildman–Crippen MR) is 69.1 cm³/mol. The van der Waals surface area contributed by atoms with E-state index in [-0.39, 0.29) is 24.1 Å². The maximum Gasteiger partial charge on any atom is 0.391 e. The van der Waals surface area contributed by atoms with E-state index in [9.17, 15) is 13.2 Å². The lowest BCUT2D eigenvalue weighted by Gasteiger charge is -2.32. The first-order valence-corrected chi connectivity index (χ1v) is 7.00. The van der Waals surface area contributed by atoms with Gasteiger partial charge in [-0.25, -0.2) is 0 Å². The zero-order valence-electron chi connectivity index (χ0n) is 10.5. The predicted octanol–water partition coefficient (Wildman–Crippen LogP) is 4.60. The molecule has 0 amide bonds. The molecule has 1 aliphatic carbocycles. The van der Waals surface area contributed by atoms with Crippen molar-refractivity contribution in [1.29, 1.82) is 0 Å². The number of hydrogen-bond donors (Lipinski definition) is 0. The Kier molecular flexibility index (Phi) is 4.71. The van der Waals surface area contributed by atoms with Gasteiger partial charge >= 0.3 is 6.18 Å². The molecule has 1 saturated carbocycles. The Hall–Kier alpha value is -0.770. The molecule has 0 aliphatic heterocycles. The topological polar surface area (TPSA) is 12.9 Å². The van der Waals surface area contributed by atoms with E-state index in [0.717, 1.165) is 5.56 Å². The molecule has 1 aromatic heterocycles. The maximum absolute atomic E-state index is 12.6. The van der Waals surface area contributed by atoms with E-state index in [0.29, 0.717) is 19.3 Å². The van der Waals surface area contributed by atoms with Gasteiger partial charge in [0.05, 0.1) is 5.92 Å². The summed E-state index contributed by atoms with van der Waals surface area (Å²) in [6, 6.07) is 3.80. The fourth-order valence-electron chi connectivity index (χ4n) is 2.72. The second-order valence-corrected chi connectivity index (χ2v) is 5.79. The highest BCUT2D eigenvalue weighted by molar-refractivity contribution is 6.20. The number of nitrogens with zero attached hydrogens (tertiary/aromatic N) is 1. The maximum atomic E-state index is 12.6. The van der Waals surface area contributed by atoms with Crippen LogP contribution in [-0.2, 0) is 6.42 Å². The third kappa shape index (κ3) is 4.10. The summed E-state index contributed by atoms with van der Waals surface area (Å²) in [5.41, 5.74) is 1.09. The second kappa shape index (κ2) is 6.12. The van der Waals surface area contributed by atoms with E-state index in [2.05, 4.69) is 4.98 Å². The van der Waals surface area contributed by atoms with Crippen LogP contribution >= 0.6 is 11.6 Å². The van der Waals surface area contributed by atoms with Crippen LogP contribution in [0.2, 0.25) is 0 Å². The van der Waals surface area contributed by atoms with Crippen LogP contribution < -0.4 is 0 Å². The molecule has 2 rings (SSSR count). The monoisotopic (exact) mass is 291 g/mol. The van der Waals surface area contributed by atoms with E-state index in [4.69, 9.17) is 11.6 Å². The highest BCUT2D eigenvalue weighted by Crippen LogP contribution is 2.41. The number of halogens is 4. The minimum absolute atomic E-state index is 0.0865. The fourth-order valence-corrected chi connectivity index (χ4v) is 3.15. The molecule has 0 bridgehead atoms. The molecule has 0 aromatic carbocycles. The Morgan fingerprint density at radius 3 is 2.26 bits per heavy atom. The Labute approximate surface area is 116 Å². The summed E-state index contributed by atoms with van der Waals surface area (Å²) in [6.07, 6.45) is 1.65. The number of alkyl halides is 4. The number of rotatable bonds is 3. The number of hydrogen-bond acceptors (Lipinski definition) is 1. The van der Waals surface area contributed by atoms with E-state index >= 15 is 0 Å². The van der Waals surface area contributed by atoms with Gasteiger partial charge in [0.1, 0.15) is 0 Å². The number of aromatic nitrogens is 1. The van der Waals surface area contributed by atoms with Crippen molar-refractivity contribution in [1.82, 2.24) is 4.98 Å². The lowest BCUT2D eigenvalue weighted by atomic mass is 9.79. The largest absolute Gasteiger partial charge is 0.391 e. The van der Waals surface area contributed by atoms with E-state index < -0.39 is 12.1 Å². The van der Waals surface area contributed by atoms with Gasteiger partial charge in [-0.3, -0.25) is 4.98 Å². The quantitative estimate of drug-likeness (QED) is 0.742. The van der Waals surface area contributed by atoms with Crippen molar-refractivity contribution >= 4 is 11.6 Å². The average molecular weight is 292 g/mol. The molecule has 0 radical (unpaired) electrons. The molecular weight excluding hydrogens is 275 g/mol. The fraction of sp³-hybridized carbons (Fsp3) is 0.643. The molecule has 19 heavy (non-hydrogen) atoms. The van der Waals surface area contributed by atoms with Gasteiger partial charge in [0.15, 0.2) is 0 Å². The van der Waals surface area contributed by atoms with Gasteiger partial charge in [0, 0.05) is 17.8 Å². The third-order valence-electron chi connectivity index (χ3n) is 3.93. The summed E-state index contributed by atoms with van der Waals surface area (Å²) in [6.45, 7) is 0. The van der Waals surface area contributed by atoms with Gasteiger partial charge in [0.2, 0.25) is 0 Å². The molecule has 0 N–H and O–H groups in total. The van der Waals surface area contributed by atoms with Crippen molar-refractivity contribution in [2.75, 3.05) is 0 Å². The summed E-state index contributed by atoms with van der Waals surface area (Å²) in [7, 11) is 0. The van der Waals surface area contributed by atoms with Gasteiger partial charge in [-0.1, -0.05) is 0 Å². The van der Waals surface area contributed by atoms with Crippen LogP contribution in [0.4, 0.5) is 13.2 Å². The van der Waals surface area contributed by atoms with Crippen molar-refractivity contribution in [3.8, 4) is 0 Å². The normalized spacial score (nSPS) is 26.1. The minimum atomic E-state index is -4.04. The van der Waals surface area contributed by atoms with Crippen LogP contribution in [-0.4, -0.2) is 16.5 Å². The Bertz CT molecular complexity index is 385. The molecule has 5 heteroatoms. The highest BCUT2D eigenvalue weighted by atomic mass is 35.5. The lowest BCUT2D eigenvalue weighted by Crippen LogP contribution is -2.31. The zero-order valence-corrected chi connectivity index (χ0v) is 11.3.